The van der Waals surface area contributed by atoms with Crippen LogP contribution in [-0.2, 0) is 0 Å². The van der Waals surface area contributed by atoms with E-state index in [1.807, 2.05) is 6.92 Å². The summed E-state index contributed by atoms with van der Waals surface area (Å²) in [7, 11) is 0. The van der Waals surface area contributed by atoms with Gasteiger partial charge >= 0.3 is 0 Å². The van der Waals surface area contributed by atoms with Crippen LogP contribution in [0, 0.1) is 11.6 Å². The van der Waals surface area contributed by atoms with Gasteiger partial charge < -0.3 is 5.32 Å². The first kappa shape index (κ1) is 11.5. The van der Waals surface area contributed by atoms with Crippen LogP contribution in [0.2, 0.25) is 0 Å². The lowest BCUT2D eigenvalue weighted by Crippen LogP contribution is -2.20. The maximum atomic E-state index is 13.6. The van der Waals surface area contributed by atoms with Gasteiger partial charge in [0.15, 0.2) is 0 Å². The second-order valence-electron chi connectivity index (χ2n) is 4.53. The summed E-state index contributed by atoms with van der Waals surface area (Å²) in [5.41, 5.74) is 1.49. The zero-order valence-corrected chi connectivity index (χ0v) is 9.69. The van der Waals surface area contributed by atoms with Crippen molar-refractivity contribution in [3.63, 3.8) is 0 Å². The molecule has 0 saturated carbocycles. The maximum Gasteiger partial charge on any atom is 0.129 e. The van der Waals surface area contributed by atoms with Gasteiger partial charge in [0, 0.05) is 12.1 Å². The van der Waals surface area contributed by atoms with Crippen molar-refractivity contribution in [1.29, 1.82) is 0 Å². The van der Waals surface area contributed by atoms with E-state index in [0.717, 1.165) is 31.0 Å². The summed E-state index contributed by atoms with van der Waals surface area (Å²) in [6, 6.07) is 2.56. The molecule has 1 aromatic carbocycles. The molecule has 0 bridgehead atoms. The topological polar surface area (TPSA) is 12.0 Å². The summed E-state index contributed by atoms with van der Waals surface area (Å²) in [6.07, 6.45) is 1.88. The molecular weight excluding hydrogens is 208 g/mol. The largest absolute Gasteiger partial charge is 0.310 e. The molecule has 0 spiro atoms. The summed E-state index contributed by atoms with van der Waals surface area (Å²) >= 11 is 0. The summed E-state index contributed by atoms with van der Waals surface area (Å²) < 4.78 is 26.8. The molecule has 3 heteroatoms. The minimum Gasteiger partial charge on any atom is -0.310 e. The fraction of sp³-hybridized carbons (Fsp3) is 0.538. The zero-order valence-electron chi connectivity index (χ0n) is 9.69. The van der Waals surface area contributed by atoms with E-state index >= 15 is 0 Å². The molecule has 0 amide bonds. The Balaban J connectivity index is 2.33. The van der Waals surface area contributed by atoms with Gasteiger partial charge in [0.05, 0.1) is 0 Å². The number of rotatable bonds is 3. The molecule has 2 unspecified atom stereocenters. The van der Waals surface area contributed by atoms with E-state index in [1.54, 1.807) is 0 Å². The first-order valence-electron chi connectivity index (χ1n) is 5.85. The third kappa shape index (κ3) is 1.96. The highest BCUT2D eigenvalue weighted by Crippen LogP contribution is 2.41. The van der Waals surface area contributed by atoms with E-state index in [9.17, 15) is 8.78 Å². The Morgan fingerprint density at radius 2 is 2.12 bits per heavy atom. The van der Waals surface area contributed by atoms with Crippen LogP contribution in [0.4, 0.5) is 8.78 Å². The molecule has 0 aromatic heterocycles. The van der Waals surface area contributed by atoms with Gasteiger partial charge in [0.25, 0.3) is 0 Å². The van der Waals surface area contributed by atoms with Crippen molar-refractivity contribution in [1.82, 2.24) is 5.32 Å². The summed E-state index contributed by atoms with van der Waals surface area (Å²) in [6.45, 7) is 4.96. The number of hydrogen-bond donors (Lipinski definition) is 1. The molecule has 1 N–H and O–H groups in total. The smallest absolute Gasteiger partial charge is 0.129 e. The van der Waals surface area contributed by atoms with E-state index < -0.39 is 11.6 Å². The van der Waals surface area contributed by atoms with Gasteiger partial charge in [-0.3, -0.25) is 0 Å². The highest BCUT2D eigenvalue weighted by atomic mass is 19.1. The lowest BCUT2D eigenvalue weighted by molar-refractivity contribution is 0.502. The molecule has 0 heterocycles. The standard InChI is InChI=1S/C13H17F2N/c1-3-4-16-12-5-8(2)13-10(12)6-9(14)7-11(13)15/h6-8,12,16H,3-5H2,1-2H3. The number of benzene rings is 1. The number of hydrogen-bond acceptors (Lipinski definition) is 1. The van der Waals surface area contributed by atoms with Gasteiger partial charge in [0.1, 0.15) is 11.6 Å². The van der Waals surface area contributed by atoms with E-state index in [0.29, 0.717) is 5.56 Å². The molecule has 0 saturated heterocycles. The Morgan fingerprint density at radius 1 is 1.38 bits per heavy atom. The van der Waals surface area contributed by atoms with E-state index in [4.69, 9.17) is 0 Å². The SMILES string of the molecule is CCCNC1CC(C)c2c(F)cc(F)cc21. The monoisotopic (exact) mass is 225 g/mol. The van der Waals surface area contributed by atoms with Gasteiger partial charge in [-0.1, -0.05) is 13.8 Å². The van der Waals surface area contributed by atoms with Gasteiger partial charge in [-0.05, 0) is 42.5 Å². The molecule has 88 valence electrons. The molecule has 0 aliphatic heterocycles. The number of fused-ring (bicyclic) bond motifs is 1. The Kier molecular flexibility index (Phi) is 3.24. The average Bonchev–Trinajstić information content (AvgIpc) is 2.52. The maximum absolute atomic E-state index is 13.6. The van der Waals surface area contributed by atoms with Crippen LogP contribution in [0.5, 0.6) is 0 Å². The molecule has 0 fully saturated rings. The Labute approximate surface area is 94.9 Å². The van der Waals surface area contributed by atoms with Crippen LogP contribution in [-0.4, -0.2) is 6.54 Å². The van der Waals surface area contributed by atoms with Gasteiger partial charge in [-0.15, -0.1) is 0 Å². The van der Waals surface area contributed by atoms with Crippen molar-refractivity contribution in [2.45, 2.75) is 38.6 Å². The average molecular weight is 225 g/mol. The van der Waals surface area contributed by atoms with Gasteiger partial charge in [-0.25, -0.2) is 8.78 Å². The van der Waals surface area contributed by atoms with Crippen LogP contribution < -0.4 is 5.32 Å². The summed E-state index contributed by atoms with van der Waals surface area (Å²) in [5, 5.41) is 3.34. The number of nitrogens with one attached hydrogen (secondary N) is 1. The lowest BCUT2D eigenvalue weighted by atomic mass is 10.0. The third-order valence-electron chi connectivity index (χ3n) is 3.22. The molecule has 1 nitrogen and oxygen atoms in total. The minimum absolute atomic E-state index is 0.107. The lowest BCUT2D eigenvalue weighted by Gasteiger charge is -2.13. The predicted molar refractivity (Wildman–Crippen MR) is 60.4 cm³/mol. The van der Waals surface area contributed by atoms with Crippen molar-refractivity contribution in [2.24, 2.45) is 0 Å². The zero-order chi connectivity index (χ0) is 11.7. The van der Waals surface area contributed by atoms with Crippen LogP contribution in [0.25, 0.3) is 0 Å². The van der Waals surface area contributed by atoms with Crippen LogP contribution in [0.15, 0.2) is 12.1 Å². The first-order chi connectivity index (χ1) is 7.63. The minimum atomic E-state index is -0.478. The summed E-state index contributed by atoms with van der Waals surface area (Å²) in [4.78, 5) is 0. The molecule has 1 aliphatic carbocycles. The van der Waals surface area contributed by atoms with Gasteiger partial charge in [0.2, 0.25) is 0 Å². The third-order valence-corrected chi connectivity index (χ3v) is 3.22. The normalized spacial score (nSPS) is 23.5. The molecule has 0 radical (unpaired) electrons. The highest BCUT2D eigenvalue weighted by Gasteiger charge is 2.30. The van der Waals surface area contributed by atoms with E-state index in [2.05, 4.69) is 12.2 Å². The molecule has 16 heavy (non-hydrogen) atoms. The fourth-order valence-corrected chi connectivity index (χ4v) is 2.52. The van der Waals surface area contributed by atoms with E-state index in [1.165, 1.54) is 6.07 Å². The van der Waals surface area contributed by atoms with Gasteiger partial charge in [-0.2, -0.15) is 0 Å². The summed E-state index contributed by atoms with van der Waals surface area (Å²) in [5.74, 6) is -0.707. The van der Waals surface area contributed by atoms with Crippen molar-refractivity contribution in [3.8, 4) is 0 Å². The Morgan fingerprint density at radius 3 is 2.81 bits per heavy atom. The van der Waals surface area contributed by atoms with E-state index in [-0.39, 0.29) is 12.0 Å². The van der Waals surface area contributed by atoms with Crippen molar-refractivity contribution in [2.75, 3.05) is 6.54 Å². The predicted octanol–water partition coefficient (Wildman–Crippen LogP) is 3.51. The second-order valence-corrected chi connectivity index (χ2v) is 4.53. The molecule has 1 aromatic rings. The number of halogens is 2. The first-order valence-corrected chi connectivity index (χ1v) is 5.85. The quantitative estimate of drug-likeness (QED) is 0.830. The van der Waals surface area contributed by atoms with Crippen LogP contribution in [0.1, 0.15) is 49.8 Å². The Hall–Kier alpha value is -0.960. The Bertz CT molecular complexity index is 390. The highest BCUT2D eigenvalue weighted by molar-refractivity contribution is 5.39. The molecule has 1 aliphatic rings. The second kappa shape index (κ2) is 4.50. The van der Waals surface area contributed by atoms with Crippen molar-refractivity contribution >= 4 is 0 Å². The van der Waals surface area contributed by atoms with Crippen molar-refractivity contribution in [3.05, 3.63) is 34.9 Å². The fourth-order valence-electron chi connectivity index (χ4n) is 2.52. The molecular formula is C13H17F2N. The molecule has 2 rings (SSSR count). The van der Waals surface area contributed by atoms with Crippen LogP contribution >= 0.6 is 0 Å². The van der Waals surface area contributed by atoms with Crippen molar-refractivity contribution < 1.29 is 8.78 Å². The molecule has 2 atom stereocenters. The van der Waals surface area contributed by atoms with Crippen LogP contribution in [0.3, 0.4) is 0 Å².